The molecular weight excluding hydrogens is 290 g/mol. The number of nitrogens with two attached hydrogens (primary N) is 1. The minimum Gasteiger partial charge on any atom is -0.364 e. The molecule has 3 nitrogen and oxygen atoms in total. The van der Waals surface area contributed by atoms with E-state index in [9.17, 15) is 0 Å². The van der Waals surface area contributed by atoms with Crippen LogP contribution in [0.2, 0.25) is 0 Å². The average molecular weight is 312 g/mol. The summed E-state index contributed by atoms with van der Waals surface area (Å²) in [5, 5.41) is 0. The summed E-state index contributed by atoms with van der Waals surface area (Å²) < 4.78 is 1.12. The standard InChI is InChI=1S/C14H22BrN3/c1-14(2)10-17(3)13(8-16)9-18(14)12-6-4-11(15)5-7-12/h4-7,13H,8-10,16H2,1-3H3. The van der Waals surface area contributed by atoms with Gasteiger partial charge < -0.3 is 10.6 Å². The highest BCUT2D eigenvalue weighted by Gasteiger charge is 2.36. The zero-order chi connectivity index (χ0) is 13.3. The van der Waals surface area contributed by atoms with Crippen LogP contribution in [-0.2, 0) is 0 Å². The van der Waals surface area contributed by atoms with Crippen LogP contribution in [-0.4, -0.2) is 43.2 Å². The Balaban J connectivity index is 2.26. The number of piperazine rings is 1. The lowest BCUT2D eigenvalue weighted by Crippen LogP contribution is -2.64. The molecule has 1 aliphatic rings. The molecule has 1 atom stereocenters. The SMILES string of the molecule is CN1CC(C)(C)N(c2ccc(Br)cc2)CC1CN. The number of anilines is 1. The van der Waals surface area contributed by atoms with Gasteiger partial charge >= 0.3 is 0 Å². The maximum absolute atomic E-state index is 5.87. The topological polar surface area (TPSA) is 32.5 Å². The lowest BCUT2D eigenvalue weighted by atomic mass is 9.95. The quantitative estimate of drug-likeness (QED) is 0.909. The van der Waals surface area contributed by atoms with Crippen molar-refractivity contribution in [3.8, 4) is 0 Å². The summed E-state index contributed by atoms with van der Waals surface area (Å²) in [6, 6.07) is 8.97. The largest absolute Gasteiger partial charge is 0.364 e. The Kier molecular flexibility index (Phi) is 3.99. The molecule has 2 N–H and O–H groups in total. The first kappa shape index (κ1) is 13.8. The number of hydrogen-bond acceptors (Lipinski definition) is 3. The van der Waals surface area contributed by atoms with Gasteiger partial charge in [-0.3, -0.25) is 4.90 Å². The van der Waals surface area contributed by atoms with Gasteiger partial charge in [-0.2, -0.15) is 0 Å². The molecule has 0 bridgehead atoms. The van der Waals surface area contributed by atoms with E-state index in [1.807, 2.05) is 0 Å². The first-order valence-electron chi connectivity index (χ1n) is 6.37. The van der Waals surface area contributed by atoms with E-state index in [0.717, 1.165) is 17.6 Å². The molecule has 4 heteroatoms. The van der Waals surface area contributed by atoms with Gasteiger partial charge in [-0.05, 0) is 45.2 Å². The number of hydrogen-bond donors (Lipinski definition) is 1. The van der Waals surface area contributed by atoms with Crippen LogP contribution >= 0.6 is 15.9 Å². The highest BCUT2D eigenvalue weighted by molar-refractivity contribution is 9.10. The highest BCUT2D eigenvalue weighted by atomic mass is 79.9. The van der Waals surface area contributed by atoms with E-state index in [2.05, 4.69) is 70.9 Å². The van der Waals surface area contributed by atoms with Crippen molar-refractivity contribution < 1.29 is 0 Å². The second kappa shape index (κ2) is 5.19. The molecule has 1 unspecified atom stereocenters. The fourth-order valence-corrected chi connectivity index (χ4v) is 3.02. The molecule has 1 aromatic carbocycles. The fraction of sp³-hybridized carbons (Fsp3) is 0.571. The summed E-state index contributed by atoms with van der Waals surface area (Å²) in [6.45, 7) is 7.31. The first-order valence-corrected chi connectivity index (χ1v) is 7.17. The van der Waals surface area contributed by atoms with Crippen LogP contribution < -0.4 is 10.6 Å². The molecule has 1 fully saturated rings. The maximum Gasteiger partial charge on any atom is 0.0473 e. The molecule has 1 saturated heterocycles. The van der Waals surface area contributed by atoms with E-state index >= 15 is 0 Å². The lowest BCUT2D eigenvalue weighted by molar-refractivity contribution is 0.155. The second-order valence-corrected chi connectivity index (χ2v) is 6.62. The highest BCUT2D eigenvalue weighted by Crippen LogP contribution is 2.30. The van der Waals surface area contributed by atoms with Crippen LogP contribution in [0.3, 0.4) is 0 Å². The van der Waals surface area contributed by atoms with E-state index in [0.29, 0.717) is 12.6 Å². The van der Waals surface area contributed by atoms with E-state index < -0.39 is 0 Å². The van der Waals surface area contributed by atoms with Gasteiger partial charge in [0.1, 0.15) is 0 Å². The van der Waals surface area contributed by atoms with Crippen molar-refractivity contribution in [1.82, 2.24) is 4.90 Å². The van der Waals surface area contributed by atoms with E-state index in [1.165, 1.54) is 5.69 Å². The molecule has 1 aliphatic heterocycles. The third-order valence-electron chi connectivity index (χ3n) is 3.79. The number of nitrogens with zero attached hydrogens (tertiary/aromatic N) is 2. The van der Waals surface area contributed by atoms with Crippen LogP contribution in [0.1, 0.15) is 13.8 Å². The molecule has 2 rings (SSSR count). The van der Waals surface area contributed by atoms with Crippen LogP contribution in [0.4, 0.5) is 5.69 Å². The van der Waals surface area contributed by atoms with Crippen molar-refractivity contribution in [1.29, 1.82) is 0 Å². The second-order valence-electron chi connectivity index (χ2n) is 5.70. The number of likely N-dealkylation sites (N-methyl/N-ethyl adjacent to an activating group) is 1. The molecular formula is C14H22BrN3. The maximum atomic E-state index is 5.87. The summed E-state index contributed by atoms with van der Waals surface area (Å²) in [6.07, 6.45) is 0. The van der Waals surface area contributed by atoms with Crippen LogP contribution in [0.25, 0.3) is 0 Å². The van der Waals surface area contributed by atoms with Crippen molar-refractivity contribution in [2.24, 2.45) is 5.73 Å². The zero-order valence-corrected chi connectivity index (χ0v) is 12.9. The Morgan fingerprint density at radius 1 is 1.33 bits per heavy atom. The van der Waals surface area contributed by atoms with E-state index in [4.69, 9.17) is 5.73 Å². The minimum absolute atomic E-state index is 0.133. The summed E-state index contributed by atoms with van der Waals surface area (Å²) in [4.78, 5) is 4.84. The summed E-state index contributed by atoms with van der Waals surface area (Å²) in [7, 11) is 2.16. The van der Waals surface area contributed by atoms with Gasteiger partial charge in [-0.25, -0.2) is 0 Å². The average Bonchev–Trinajstić information content (AvgIpc) is 2.30. The Labute approximate surface area is 118 Å². The predicted octanol–water partition coefficient (Wildman–Crippen LogP) is 2.31. The van der Waals surface area contributed by atoms with Crippen molar-refractivity contribution in [3.63, 3.8) is 0 Å². The van der Waals surface area contributed by atoms with Crippen molar-refractivity contribution in [2.45, 2.75) is 25.4 Å². The monoisotopic (exact) mass is 311 g/mol. The third-order valence-corrected chi connectivity index (χ3v) is 4.32. The Morgan fingerprint density at radius 3 is 2.50 bits per heavy atom. The normalized spacial score (nSPS) is 24.3. The summed E-state index contributed by atoms with van der Waals surface area (Å²) in [5.41, 5.74) is 7.28. The van der Waals surface area contributed by atoms with Gasteiger partial charge in [0.25, 0.3) is 0 Å². The van der Waals surface area contributed by atoms with Gasteiger partial charge in [0.05, 0.1) is 0 Å². The van der Waals surface area contributed by atoms with Crippen LogP contribution in [0.15, 0.2) is 28.7 Å². The lowest BCUT2D eigenvalue weighted by Gasteiger charge is -2.51. The van der Waals surface area contributed by atoms with Gasteiger partial charge in [-0.15, -0.1) is 0 Å². The molecule has 1 aromatic rings. The molecule has 100 valence electrons. The number of halogens is 1. The molecule has 0 aromatic heterocycles. The third kappa shape index (κ3) is 2.71. The molecule has 0 aliphatic carbocycles. The van der Waals surface area contributed by atoms with Crippen LogP contribution in [0, 0.1) is 0 Å². The van der Waals surface area contributed by atoms with Gasteiger partial charge in [0.15, 0.2) is 0 Å². The number of rotatable bonds is 2. The Bertz CT molecular complexity index is 402. The van der Waals surface area contributed by atoms with E-state index in [-0.39, 0.29) is 5.54 Å². The van der Waals surface area contributed by atoms with Crippen molar-refractivity contribution in [2.75, 3.05) is 31.6 Å². The Hall–Kier alpha value is -0.580. The molecule has 0 spiro atoms. The molecule has 0 radical (unpaired) electrons. The minimum atomic E-state index is 0.133. The van der Waals surface area contributed by atoms with Gasteiger partial charge in [-0.1, -0.05) is 15.9 Å². The van der Waals surface area contributed by atoms with Gasteiger partial charge in [0, 0.05) is 41.4 Å². The molecule has 0 saturated carbocycles. The summed E-state index contributed by atoms with van der Waals surface area (Å²) in [5.74, 6) is 0. The predicted molar refractivity (Wildman–Crippen MR) is 81.0 cm³/mol. The first-order chi connectivity index (χ1) is 8.44. The number of benzene rings is 1. The summed E-state index contributed by atoms with van der Waals surface area (Å²) >= 11 is 3.49. The molecule has 0 amide bonds. The fourth-order valence-electron chi connectivity index (χ4n) is 2.75. The smallest absolute Gasteiger partial charge is 0.0473 e. The van der Waals surface area contributed by atoms with Crippen LogP contribution in [0.5, 0.6) is 0 Å². The van der Waals surface area contributed by atoms with Gasteiger partial charge in [0.2, 0.25) is 0 Å². The van der Waals surface area contributed by atoms with E-state index in [1.54, 1.807) is 0 Å². The molecule has 1 heterocycles. The zero-order valence-electron chi connectivity index (χ0n) is 11.4. The molecule has 18 heavy (non-hydrogen) atoms. The van der Waals surface area contributed by atoms with Crippen molar-refractivity contribution >= 4 is 21.6 Å². The Morgan fingerprint density at radius 2 is 1.94 bits per heavy atom. The van der Waals surface area contributed by atoms with Crippen molar-refractivity contribution in [3.05, 3.63) is 28.7 Å².